The van der Waals surface area contributed by atoms with Crippen molar-refractivity contribution in [3.05, 3.63) is 42.5 Å². The molecule has 0 radical (unpaired) electrons. The van der Waals surface area contributed by atoms with Crippen LogP contribution in [0.2, 0.25) is 0 Å². The van der Waals surface area contributed by atoms with Gasteiger partial charge in [0.2, 0.25) is 5.82 Å². The van der Waals surface area contributed by atoms with Gasteiger partial charge in [-0.1, -0.05) is 5.16 Å². The zero-order valence-corrected chi connectivity index (χ0v) is 9.62. The molecule has 2 aromatic heterocycles. The van der Waals surface area contributed by atoms with E-state index in [2.05, 4.69) is 20.1 Å². The fourth-order valence-corrected chi connectivity index (χ4v) is 1.55. The molecule has 0 atom stereocenters. The predicted molar refractivity (Wildman–Crippen MR) is 65.1 cm³/mol. The third-order valence-corrected chi connectivity index (χ3v) is 2.46. The first-order chi connectivity index (χ1) is 9.24. The number of aromatic nitrogens is 4. The summed E-state index contributed by atoms with van der Waals surface area (Å²) in [5.74, 6) is 0.382. The van der Waals surface area contributed by atoms with Crippen LogP contribution in [0.5, 0.6) is 0 Å². The van der Waals surface area contributed by atoms with Gasteiger partial charge in [-0.3, -0.25) is 0 Å². The SMILES string of the molecule is Nc1nccnc1-c1nc(-c2ccc(F)cc2)no1. The van der Waals surface area contributed by atoms with Gasteiger partial charge in [0.1, 0.15) is 5.82 Å². The maximum absolute atomic E-state index is 12.8. The van der Waals surface area contributed by atoms with E-state index in [1.54, 1.807) is 12.1 Å². The van der Waals surface area contributed by atoms with Crippen LogP contribution in [-0.4, -0.2) is 20.1 Å². The number of benzene rings is 1. The Morgan fingerprint density at radius 3 is 2.53 bits per heavy atom. The molecule has 0 aliphatic heterocycles. The standard InChI is InChI=1S/C12H8FN5O/c13-8-3-1-7(2-4-8)11-17-12(19-18-11)9-10(14)16-6-5-15-9/h1-6H,(H2,14,16). The van der Waals surface area contributed by atoms with Crippen LogP contribution in [0.25, 0.3) is 23.0 Å². The number of rotatable bonds is 2. The van der Waals surface area contributed by atoms with Gasteiger partial charge in [0.05, 0.1) is 0 Å². The number of hydrogen-bond acceptors (Lipinski definition) is 6. The maximum atomic E-state index is 12.8. The molecule has 19 heavy (non-hydrogen) atoms. The van der Waals surface area contributed by atoms with Crippen molar-refractivity contribution < 1.29 is 8.91 Å². The van der Waals surface area contributed by atoms with Crippen molar-refractivity contribution in [3.8, 4) is 23.0 Å². The van der Waals surface area contributed by atoms with Gasteiger partial charge >= 0.3 is 0 Å². The van der Waals surface area contributed by atoms with Crippen LogP contribution in [-0.2, 0) is 0 Å². The minimum Gasteiger partial charge on any atom is -0.382 e. The highest BCUT2D eigenvalue weighted by Gasteiger charge is 2.14. The van der Waals surface area contributed by atoms with Gasteiger partial charge in [0.25, 0.3) is 5.89 Å². The van der Waals surface area contributed by atoms with Crippen molar-refractivity contribution >= 4 is 5.82 Å². The molecule has 6 nitrogen and oxygen atoms in total. The van der Waals surface area contributed by atoms with Gasteiger partial charge in [0.15, 0.2) is 11.5 Å². The lowest BCUT2D eigenvalue weighted by atomic mass is 10.2. The lowest BCUT2D eigenvalue weighted by Gasteiger charge is -1.95. The summed E-state index contributed by atoms with van der Waals surface area (Å²) in [6, 6.07) is 5.76. The highest BCUT2D eigenvalue weighted by Crippen LogP contribution is 2.23. The second-order valence-corrected chi connectivity index (χ2v) is 3.72. The summed E-state index contributed by atoms with van der Waals surface area (Å²) in [7, 11) is 0. The number of nitrogen functional groups attached to an aromatic ring is 1. The Bertz CT molecular complexity index is 710. The molecular formula is C12H8FN5O. The fraction of sp³-hybridized carbons (Fsp3) is 0. The molecule has 0 bridgehead atoms. The molecule has 0 aliphatic rings. The first kappa shape index (κ1) is 11.3. The van der Waals surface area contributed by atoms with Crippen LogP contribution in [0.1, 0.15) is 0 Å². The maximum Gasteiger partial charge on any atom is 0.280 e. The van der Waals surface area contributed by atoms with E-state index < -0.39 is 0 Å². The molecule has 0 unspecified atom stereocenters. The molecule has 3 rings (SSSR count). The predicted octanol–water partition coefficient (Wildman–Crippen LogP) is 1.91. The second-order valence-electron chi connectivity index (χ2n) is 3.72. The third-order valence-electron chi connectivity index (χ3n) is 2.46. The Morgan fingerprint density at radius 1 is 1.05 bits per heavy atom. The molecule has 0 fully saturated rings. The molecule has 0 aliphatic carbocycles. The van der Waals surface area contributed by atoms with E-state index in [-0.39, 0.29) is 17.5 Å². The molecule has 2 heterocycles. The summed E-state index contributed by atoms with van der Waals surface area (Å²) in [4.78, 5) is 12.1. The van der Waals surface area contributed by atoms with Gasteiger partial charge < -0.3 is 10.3 Å². The summed E-state index contributed by atoms with van der Waals surface area (Å²) in [6.45, 7) is 0. The number of nitrogens with two attached hydrogens (primary N) is 1. The van der Waals surface area contributed by atoms with E-state index in [0.29, 0.717) is 17.1 Å². The number of nitrogens with zero attached hydrogens (tertiary/aromatic N) is 4. The lowest BCUT2D eigenvalue weighted by Crippen LogP contribution is -1.96. The average Bonchev–Trinajstić information content (AvgIpc) is 2.89. The van der Waals surface area contributed by atoms with Crippen molar-refractivity contribution in [1.29, 1.82) is 0 Å². The highest BCUT2D eigenvalue weighted by atomic mass is 19.1. The average molecular weight is 257 g/mol. The van der Waals surface area contributed by atoms with E-state index in [1.807, 2.05) is 0 Å². The molecule has 3 aromatic rings. The number of anilines is 1. The van der Waals surface area contributed by atoms with E-state index in [9.17, 15) is 4.39 Å². The zero-order valence-electron chi connectivity index (χ0n) is 9.62. The van der Waals surface area contributed by atoms with Crippen molar-refractivity contribution in [2.75, 3.05) is 5.73 Å². The first-order valence-electron chi connectivity index (χ1n) is 5.40. The Kier molecular flexibility index (Phi) is 2.64. The Morgan fingerprint density at radius 2 is 1.79 bits per heavy atom. The summed E-state index contributed by atoms with van der Waals surface area (Å²) < 4.78 is 17.9. The van der Waals surface area contributed by atoms with Crippen molar-refractivity contribution in [3.63, 3.8) is 0 Å². The minimum absolute atomic E-state index is 0.171. The van der Waals surface area contributed by atoms with E-state index in [0.717, 1.165) is 0 Å². The van der Waals surface area contributed by atoms with Crippen LogP contribution in [0.3, 0.4) is 0 Å². The Hall–Kier alpha value is -2.83. The van der Waals surface area contributed by atoms with Gasteiger partial charge in [-0.25, -0.2) is 14.4 Å². The topological polar surface area (TPSA) is 90.7 Å². The van der Waals surface area contributed by atoms with Crippen molar-refractivity contribution in [2.24, 2.45) is 0 Å². The third kappa shape index (κ3) is 2.13. The van der Waals surface area contributed by atoms with Crippen molar-refractivity contribution in [1.82, 2.24) is 20.1 Å². The fourth-order valence-electron chi connectivity index (χ4n) is 1.55. The van der Waals surface area contributed by atoms with Crippen LogP contribution in [0.15, 0.2) is 41.2 Å². The molecule has 7 heteroatoms. The molecule has 0 saturated heterocycles. The van der Waals surface area contributed by atoms with Crippen LogP contribution < -0.4 is 5.73 Å². The molecule has 0 amide bonds. The van der Waals surface area contributed by atoms with Gasteiger partial charge in [-0.05, 0) is 24.3 Å². The molecule has 0 spiro atoms. The number of halogens is 1. The Balaban J connectivity index is 2.00. The zero-order chi connectivity index (χ0) is 13.2. The largest absolute Gasteiger partial charge is 0.382 e. The summed E-state index contributed by atoms with van der Waals surface area (Å²) in [6.07, 6.45) is 2.95. The van der Waals surface area contributed by atoms with Crippen LogP contribution in [0, 0.1) is 5.82 Å². The molecule has 0 saturated carbocycles. The van der Waals surface area contributed by atoms with Crippen LogP contribution in [0.4, 0.5) is 10.2 Å². The Labute approximate surface area is 107 Å². The van der Waals surface area contributed by atoms with Crippen LogP contribution >= 0.6 is 0 Å². The molecule has 1 aromatic carbocycles. The monoisotopic (exact) mass is 257 g/mol. The number of hydrogen-bond donors (Lipinski definition) is 1. The molecule has 94 valence electrons. The van der Waals surface area contributed by atoms with Gasteiger partial charge in [0, 0.05) is 18.0 Å². The van der Waals surface area contributed by atoms with E-state index >= 15 is 0 Å². The smallest absolute Gasteiger partial charge is 0.280 e. The normalized spacial score (nSPS) is 10.6. The van der Waals surface area contributed by atoms with Crippen molar-refractivity contribution in [2.45, 2.75) is 0 Å². The summed E-state index contributed by atoms with van der Waals surface area (Å²) >= 11 is 0. The van der Waals surface area contributed by atoms with Gasteiger partial charge in [-0.2, -0.15) is 4.98 Å². The lowest BCUT2D eigenvalue weighted by molar-refractivity contribution is 0.431. The van der Waals surface area contributed by atoms with E-state index in [4.69, 9.17) is 10.3 Å². The highest BCUT2D eigenvalue weighted by molar-refractivity contribution is 5.64. The van der Waals surface area contributed by atoms with E-state index in [1.165, 1.54) is 24.5 Å². The second kappa shape index (κ2) is 4.45. The summed E-state index contributed by atoms with van der Waals surface area (Å²) in [5, 5.41) is 3.80. The van der Waals surface area contributed by atoms with Gasteiger partial charge in [-0.15, -0.1) is 0 Å². The quantitative estimate of drug-likeness (QED) is 0.754. The minimum atomic E-state index is -0.328. The summed E-state index contributed by atoms with van der Waals surface area (Å²) in [5.41, 5.74) is 6.63. The molecule has 2 N–H and O–H groups in total. The molecular weight excluding hydrogens is 249 g/mol. The first-order valence-corrected chi connectivity index (χ1v) is 5.40.